The molecule has 1 aliphatic carbocycles. The molecular weight excluding hydrogens is 365 g/mol. The van der Waals surface area contributed by atoms with Crippen LogP contribution in [0.4, 0.5) is 23.7 Å². The van der Waals surface area contributed by atoms with Gasteiger partial charge in [-0.1, -0.05) is 6.42 Å². The number of nitrogens with zero attached hydrogens (tertiary/aromatic N) is 1. The first-order chi connectivity index (χ1) is 12.7. The molecular formula is C18H21F3N2O4. The number of halogens is 3. The maximum absolute atomic E-state index is 13.4. The van der Waals surface area contributed by atoms with E-state index in [0.29, 0.717) is 12.8 Å². The summed E-state index contributed by atoms with van der Waals surface area (Å²) in [6, 6.07) is 2.62. The Morgan fingerprint density at radius 3 is 2.74 bits per heavy atom. The fourth-order valence-electron chi connectivity index (χ4n) is 4.11. The number of alkyl halides is 3. The minimum atomic E-state index is -4.67. The van der Waals surface area contributed by atoms with Gasteiger partial charge in [-0.2, -0.15) is 13.2 Å². The molecule has 0 unspecified atom stereocenters. The van der Waals surface area contributed by atoms with Crippen molar-refractivity contribution in [1.82, 2.24) is 4.90 Å². The molecule has 2 N–H and O–H groups in total. The van der Waals surface area contributed by atoms with Gasteiger partial charge in [0.05, 0.1) is 23.3 Å². The van der Waals surface area contributed by atoms with Gasteiger partial charge in [-0.25, -0.2) is 4.79 Å². The van der Waals surface area contributed by atoms with E-state index < -0.39 is 29.2 Å². The number of urea groups is 1. The average Bonchev–Trinajstić information content (AvgIpc) is 3.13. The molecule has 1 aromatic carbocycles. The Hall–Kier alpha value is -2.45. The first-order valence-corrected chi connectivity index (χ1v) is 8.81. The fourth-order valence-corrected chi connectivity index (χ4v) is 4.11. The Labute approximate surface area is 154 Å². The van der Waals surface area contributed by atoms with E-state index >= 15 is 0 Å². The third-order valence-electron chi connectivity index (χ3n) is 5.43. The quantitative estimate of drug-likeness (QED) is 0.825. The SMILES string of the molecule is CCOc1ccc(NC(=O)N2C[C@@H]3CCC[C@@]3(C(=O)O)C2)c(C(F)(F)F)c1. The van der Waals surface area contributed by atoms with Crippen molar-refractivity contribution in [3.8, 4) is 5.75 Å². The molecule has 1 saturated heterocycles. The number of anilines is 1. The maximum atomic E-state index is 13.4. The number of likely N-dealkylation sites (tertiary alicyclic amines) is 1. The summed E-state index contributed by atoms with van der Waals surface area (Å²) in [5.74, 6) is -1.05. The zero-order valence-corrected chi connectivity index (χ0v) is 14.8. The zero-order chi connectivity index (χ0) is 19.8. The van der Waals surface area contributed by atoms with Crippen LogP contribution in [0.1, 0.15) is 31.7 Å². The number of rotatable bonds is 4. The zero-order valence-electron chi connectivity index (χ0n) is 14.8. The minimum Gasteiger partial charge on any atom is -0.494 e. The number of carboxylic acids is 1. The van der Waals surface area contributed by atoms with Crippen molar-refractivity contribution in [3.63, 3.8) is 0 Å². The van der Waals surface area contributed by atoms with Gasteiger partial charge >= 0.3 is 18.2 Å². The summed E-state index contributed by atoms with van der Waals surface area (Å²) in [5.41, 5.74) is -2.37. The molecule has 148 valence electrons. The topological polar surface area (TPSA) is 78.9 Å². The molecule has 27 heavy (non-hydrogen) atoms. The van der Waals surface area contributed by atoms with E-state index in [4.69, 9.17) is 4.74 Å². The summed E-state index contributed by atoms with van der Waals surface area (Å²) < 4.78 is 45.2. The van der Waals surface area contributed by atoms with E-state index in [9.17, 15) is 27.9 Å². The molecule has 1 heterocycles. The number of aliphatic carboxylic acids is 1. The lowest BCUT2D eigenvalue weighted by Gasteiger charge is -2.24. The molecule has 9 heteroatoms. The van der Waals surface area contributed by atoms with Crippen LogP contribution in [0.25, 0.3) is 0 Å². The van der Waals surface area contributed by atoms with Crippen LogP contribution in [0.15, 0.2) is 18.2 Å². The van der Waals surface area contributed by atoms with Crippen LogP contribution in [0.2, 0.25) is 0 Å². The van der Waals surface area contributed by atoms with Crippen LogP contribution in [0, 0.1) is 11.3 Å². The Balaban J connectivity index is 1.80. The minimum absolute atomic E-state index is 0.0111. The summed E-state index contributed by atoms with van der Waals surface area (Å²) in [7, 11) is 0. The number of carbonyl (C=O) groups is 2. The first-order valence-electron chi connectivity index (χ1n) is 8.81. The van der Waals surface area contributed by atoms with Gasteiger partial charge in [0.15, 0.2) is 0 Å². The second-order valence-electron chi connectivity index (χ2n) is 7.00. The highest BCUT2D eigenvalue weighted by Gasteiger charge is 2.55. The predicted molar refractivity (Wildman–Crippen MR) is 90.6 cm³/mol. The number of hydrogen-bond acceptors (Lipinski definition) is 3. The second-order valence-corrected chi connectivity index (χ2v) is 7.00. The molecule has 0 radical (unpaired) electrons. The van der Waals surface area contributed by atoms with Gasteiger partial charge in [-0.3, -0.25) is 4.79 Å². The van der Waals surface area contributed by atoms with Gasteiger partial charge in [0.2, 0.25) is 0 Å². The highest BCUT2D eigenvalue weighted by Crippen LogP contribution is 2.49. The van der Waals surface area contributed by atoms with E-state index in [0.717, 1.165) is 18.6 Å². The molecule has 1 aliphatic heterocycles. The number of amides is 2. The van der Waals surface area contributed by atoms with Crippen LogP contribution in [0.3, 0.4) is 0 Å². The van der Waals surface area contributed by atoms with Crippen LogP contribution in [0.5, 0.6) is 5.75 Å². The van der Waals surface area contributed by atoms with Crippen molar-refractivity contribution in [1.29, 1.82) is 0 Å². The van der Waals surface area contributed by atoms with E-state index in [1.165, 1.54) is 11.0 Å². The smallest absolute Gasteiger partial charge is 0.418 e. The Morgan fingerprint density at radius 1 is 1.41 bits per heavy atom. The third kappa shape index (κ3) is 3.54. The highest BCUT2D eigenvalue weighted by molar-refractivity contribution is 5.91. The van der Waals surface area contributed by atoms with Crippen molar-refractivity contribution < 1.29 is 32.6 Å². The Bertz CT molecular complexity index is 753. The van der Waals surface area contributed by atoms with Gasteiger partial charge in [-0.15, -0.1) is 0 Å². The highest BCUT2D eigenvalue weighted by atomic mass is 19.4. The number of carboxylic acid groups (broad SMARTS) is 1. The van der Waals surface area contributed by atoms with Gasteiger partial charge in [0.1, 0.15) is 5.75 Å². The molecule has 1 saturated carbocycles. The van der Waals surface area contributed by atoms with E-state index in [-0.39, 0.29) is 37.1 Å². The molecule has 2 atom stereocenters. The second kappa shape index (κ2) is 6.94. The van der Waals surface area contributed by atoms with Crippen molar-refractivity contribution in [2.45, 2.75) is 32.4 Å². The van der Waals surface area contributed by atoms with Crippen LogP contribution in [-0.4, -0.2) is 41.7 Å². The Kier molecular flexibility index (Phi) is 4.96. The molecule has 0 spiro atoms. The lowest BCUT2D eigenvalue weighted by molar-refractivity contribution is -0.149. The molecule has 1 aromatic rings. The first kappa shape index (κ1) is 19.3. The van der Waals surface area contributed by atoms with E-state index in [1.54, 1.807) is 6.92 Å². The van der Waals surface area contributed by atoms with Crippen molar-refractivity contribution in [3.05, 3.63) is 23.8 Å². The Morgan fingerprint density at radius 2 is 2.15 bits per heavy atom. The standard InChI is InChI=1S/C18H21F3N2O4/c1-2-27-12-5-6-14(13(8-12)18(19,20)21)22-16(26)23-9-11-4-3-7-17(11,10-23)15(24)25/h5-6,8,11H,2-4,7,9-10H2,1H3,(H,22,26)(H,24,25)/t11-,17+/m0/s1. The molecule has 2 aliphatic rings. The summed E-state index contributed by atoms with van der Waals surface area (Å²) in [5, 5.41) is 11.9. The van der Waals surface area contributed by atoms with Crippen molar-refractivity contribution >= 4 is 17.7 Å². The molecule has 2 fully saturated rings. The number of carbonyl (C=O) groups excluding carboxylic acids is 1. The lowest BCUT2D eigenvalue weighted by atomic mass is 9.81. The van der Waals surface area contributed by atoms with E-state index in [2.05, 4.69) is 5.32 Å². The molecule has 2 amide bonds. The summed E-state index contributed by atoms with van der Waals surface area (Å²) in [6.45, 7) is 2.12. The maximum Gasteiger partial charge on any atom is 0.418 e. The summed E-state index contributed by atoms with van der Waals surface area (Å²) >= 11 is 0. The average molecular weight is 386 g/mol. The van der Waals surface area contributed by atoms with Crippen LogP contribution >= 0.6 is 0 Å². The number of benzene rings is 1. The summed E-state index contributed by atoms with van der Waals surface area (Å²) in [6.07, 6.45) is -2.70. The van der Waals surface area contributed by atoms with Gasteiger partial charge in [0.25, 0.3) is 0 Å². The molecule has 0 aromatic heterocycles. The lowest BCUT2D eigenvalue weighted by Crippen LogP contribution is -2.39. The molecule has 3 rings (SSSR count). The van der Waals surface area contributed by atoms with Crippen LogP contribution < -0.4 is 10.1 Å². The van der Waals surface area contributed by atoms with Crippen LogP contribution in [-0.2, 0) is 11.0 Å². The monoisotopic (exact) mass is 386 g/mol. The number of nitrogens with one attached hydrogen (secondary N) is 1. The number of ether oxygens (including phenoxy) is 1. The van der Waals surface area contributed by atoms with Crippen molar-refractivity contribution in [2.24, 2.45) is 11.3 Å². The largest absolute Gasteiger partial charge is 0.494 e. The summed E-state index contributed by atoms with van der Waals surface area (Å²) in [4.78, 5) is 25.5. The van der Waals surface area contributed by atoms with Gasteiger partial charge in [0, 0.05) is 13.1 Å². The van der Waals surface area contributed by atoms with Gasteiger partial charge in [-0.05, 0) is 43.9 Å². The molecule has 0 bridgehead atoms. The van der Waals surface area contributed by atoms with Gasteiger partial charge < -0.3 is 20.1 Å². The van der Waals surface area contributed by atoms with E-state index in [1.807, 2.05) is 0 Å². The third-order valence-corrected chi connectivity index (χ3v) is 5.43. The van der Waals surface area contributed by atoms with Crippen molar-refractivity contribution in [2.75, 3.05) is 25.0 Å². The number of hydrogen-bond donors (Lipinski definition) is 2. The fraction of sp³-hybridized carbons (Fsp3) is 0.556. The molecule has 6 nitrogen and oxygen atoms in total. The predicted octanol–water partition coefficient (Wildman–Crippen LogP) is 3.82. The normalized spacial score (nSPS) is 24.6. The number of fused-ring (bicyclic) bond motifs is 1.